The summed E-state index contributed by atoms with van der Waals surface area (Å²) in [5.74, 6) is 1.81. The van der Waals surface area contributed by atoms with Crippen LogP contribution in [0.15, 0.2) is 63.9 Å². The van der Waals surface area contributed by atoms with Crippen LogP contribution >= 0.6 is 23.4 Å². The van der Waals surface area contributed by atoms with Crippen molar-refractivity contribution in [3.8, 4) is 11.5 Å². The summed E-state index contributed by atoms with van der Waals surface area (Å²) >= 11 is 7.49. The second kappa shape index (κ2) is 6.11. The Morgan fingerprint density at radius 3 is 2.45 bits per heavy atom. The number of rotatable bonds is 4. The Hall–Kier alpha value is -1.78. The van der Waals surface area contributed by atoms with Crippen molar-refractivity contribution in [1.82, 2.24) is 10.2 Å². The minimum Gasteiger partial charge on any atom is -0.420 e. The number of benzene rings is 2. The van der Waals surface area contributed by atoms with E-state index in [-0.39, 0.29) is 0 Å². The molecule has 0 radical (unpaired) electrons. The SMILES string of the molecule is Clc1ccc(SCc2nnc(-c3ccccc3)o2)cc1. The van der Waals surface area contributed by atoms with Crippen LogP contribution in [0.4, 0.5) is 0 Å². The summed E-state index contributed by atoms with van der Waals surface area (Å²) in [4.78, 5) is 1.12. The third kappa shape index (κ3) is 3.21. The molecule has 0 aliphatic heterocycles. The summed E-state index contributed by atoms with van der Waals surface area (Å²) in [7, 11) is 0. The Morgan fingerprint density at radius 1 is 0.950 bits per heavy atom. The van der Waals surface area contributed by atoms with Gasteiger partial charge in [0.05, 0.1) is 5.75 Å². The second-order valence-electron chi connectivity index (χ2n) is 4.11. The van der Waals surface area contributed by atoms with E-state index in [2.05, 4.69) is 10.2 Å². The van der Waals surface area contributed by atoms with Gasteiger partial charge in [-0.1, -0.05) is 29.8 Å². The highest BCUT2D eigenvalue weighted by Crippen LogP contribution is 2.25. The fourth-order valence-electron chi connectivity index (χ4n) is 1.69. The predicted molar refractivity (Wildman–Crippen MR) is 80.7 cm³/mol. The van der Waals surface area contributed by atoms with Crippen LogP contribution in [0.2, 0.25) is 5.02 Å². The lowest BCUT2D eigenvalue weighted by Gasteiger charge is -1.98. The van der Waals surface area contributed by atoms with Gasteiger partial charge in [0.25, 0.3) is 0 Å². The Bertz CT molecular complexity index is 683. The maximum Gasteiger partial charge on any atom is 0.247 e. The number of halogens is 1. The molecule has 0 aliphatic carbocycles. The number of nitrogens with zero attached hydrogens (tertiary/aromatic N) is 2. The van der Waals surface area contributed by atoms with E-state index >= 15 is 0 Å². The molecule has 0 saturated heterocycles. The summed E-state index contributed by atoms with van der Waals surface area (Å²) in [5, 5.41) is 8.86. The Labute approximate surface area is 126 Å². The topological polar surface area (TPSA) is 38.9 Å². The molecule has 0 atom stereocenters. The highest BCUT2D eigenvalue weighted by Gasteiger charge is 2.08. The standard InChI is InChI=1S/C15H11ClN2OS/c16-12-6-8-13(9-7-12)20-10-14-17-18-15(19-14)11-4-2-1-3-5-11/h1-9H,10H2. The van der Waals surface area contributed by atoms with Crippen LogP contribution in [0.25, 0.3) is 11.5 Å². The van der Waals surface area contributed by atoms with Crippen LogP contribution in [0.5, 0.6) is 0 Å². The maximum absolute atomic E-state index is 5.85. The van der Waals surface area contributed by atoms with Crippen molar-refractivity contribution in [2.45, 2.75) is 10.6 Å². The van der Waals surface area contributed by atoms with Gasteiger partial charge < -0.3 is 4.42 Å². The molecule has 5 heteroatoms. The molecule has 3 aromatic rings. The van der Waals surface area contributed by atoms with Crippen molar-refractivity contribution in [1.29, 1.82) is 0 Å². The summed E-state index contributed by atoms with van der Waals surface area (Å²) in [5.41, 5.74) is 0.933. The minimum absolute atomic E-state index is 0.553. The third-order valence-electron chi connectivity index (χ3n) is 2.66. The number of aromatic nitrogens is 2. The van der Waals surface area contributed by atoms with Gasteiger partial charge in [-0.3, -0.25) is 0 Å². The zero-order valence-corrected chi connectivity index (χ0v) is 12.1. The first kappa shape index (κ1) is 13.2. The first-order chi connectivity index (χ1) is 9.81. The normalized spacial score (nSPS) is 10.7. The van der Waals surface area contributed by atoms with E-state index in [1.807, 2.05) is 54.6 Å². The molecule has 0 bridgehead atoms. The zero-order chi connectivity index (χ0) is 13.8. The lowest BCUT2D eigenvalue weighted by Crippen LogP contribution is -1.80. The van der Waals surface area contributed by atoms with E-state index in [1.54, 1.807) is 11.8 Å². The number of hydrogen-bond donors (Lipinski definition) is 0. The molecule has 3 rings (SSSR count). The Kier molecular flexibility index (Phi) is 4.04. The minimum atomic E-state index is 0.553. The third-order valence-corrected chi connectivity index (χ3v) is 3.91. The van der Waals surface area contributed by atoms with Crippen molar-refractivity contribution in [3.05, 3.63) is 65.5 Å². The van der Waals surface area contributed by atoms with Gasteiger partial charge >= 0.3 is 0 Å². The summed E-state index contributed by atoms with van der Waals surface area (Å²) < 4.78 is 5.65. The van der Waals surface area contributed by atoms with Gasteiger partial charge in [-0.2, -0.15) is 0 Å². The van der Waals surface area contributed by atoms with Gasteiger partial charge in [0.15, 0.2) is 0 Å². The van der Waals surface area contributed by atoms with Crippen LogP contribution in [0.3, 0.4) is 0 Å². The fraction of sp³-hybridized carbons (Fsp3) is 0.0667. The summed E-state index contributed by atoms with van der Waals surface area (Å²) in [6.07, 6.45) is 0. The van der Waals surface area contributed by atoms with Crippen molar-refractivity contribution >= 4 is 23.4 Å². The molecule has 100 valence electrons. The van der Waals surface area contributed by atoms with Gasteiger partial charge in [-0.25, -0.2) is 0 Å². The van der Waals surface area contributed by atoms with Crippen molar-refractivity contribution in [3.63, 3.8) is 0 Å². The van der Waals surface area contributed by atoms with Crippen LogP contribution < -0.4 is 0 Å². The lowest BCUT2D eigenvalue weighted by molar-refractivity contribution is 0.528. The molecule has 1 aromatic heterocycles. The first-order valence-corrected chi connectivity index (χ1v) is 7.44. The Balaban J connectivity index is 1.67. The molecule has 2 aromatic carbocycles. The smallest absolute Gasteiger partial charge is 0.247 e. The predicted octanol–water partition coefficient (Wildman–Crippen LogP) is 4.68. The van der Waals surface area contributed by atoms with Gasteiger partial charge in [-0.05, 0) is 36.4 Å². The maximum atomic E-state index is 5.85. The van der Waals surface area contributed by atoms with Crippen LogP contribution in [0.1, 0.15) is 5.89 Å². The van der Waals surface area contributed by atoms with Crippen LogP contribution in [-0.2, 0) is 5.75 Å². The van der Waals surface area contributed by atoms with E-state index in [9.17, 15) is 0 Å². The molecule has 0 unspecified atom stereocenters. The molecule has 0 saturated carbocycles. The molecule has 0 N–H and O–H groups in total. The molecule has 20 heavy (non-hydrogen) atoms. The van der Waals surface area contributed by atoms with Crippen LogP contribution in [0, 0.1) is 0 Å². The molecule has 0 aliphatic rings. The number of thioether (sulfide) groups is 1. The van der Waals surface area contributed by atoms with Gasteiger partial charge in [-0.15, -0.1) is 22.0 Å². The van der Waals surface area contributed by atoms with E-state index in [1.165, 1.54) is 0 Å². The van der Waals surface area contributed by atoms with Crippen molar-refractivity contribution < 1.29 is 4.42 Å². The van der Waals surface area contributed by atoms with E-state index < -0.39 is 0 Å². The molecular formula is C15H11ClN2OS. The molecular weight excluding hydrogens is 292 g/mol. The summed E-state index contributed by atoms with van der Waals surface area (Å²) in [6.45, 7) is 0. The second-order valence-corrected chi connectivity index (χ2v) is 5.59. The summed E-state index contributed by atoms with van der Waals surface area (Å²) in [6, 6.07) is 17.4. The highest BCUT2D eigenvalue weighted by atomic mass is 35.5. The molecule has 0 fully saturated rings. The van der Waals surface area contributed by atoms with Gasteiger partial charge in [0.2, 0.25) is 11.8 Å². The Morgan fingerprint density at radius 2 is 1.70 bits per heavy atom. The average molecular weight is 303 g/mol. The van der Waals surface area contributed by atoms with E-state index in [0.717, 1.165) is 15.5 Å². The fourth-order valence-corrected chi connectivity index (χ4v) is 2.55. The lowest BCUT2D eigenvalue weighted by atomic mass is 10.2. The first-order valence-electron chi connectivity index (χ1n) is 6.07. The largest absolute Gasteiger partial charge is 0.420 e. The van der Waals surface area contributed by atoms with Gasteiger partial charge in [0, 0.05) is 15.5 Å². The molecule has 0 amide bonds. The highest BCUT2D eigenvalue weighted by molar-refractivity contribution is 7.98. The van der Waals surface area contributed by atoms with Crippen molar-refractivity contribution in [2.75, 3.05) is 0 Å². The zero-order valence-electron chi connectivity index (χ0n) is 10.5. The number of hydrogen-bond acceptors (Lipinski definition) is 4. The van der Waals surface area contributed by atoms with Crippen molar-refractivity contribution in [2.24, 2.45) is 0 Å². The molecule has 1 heterocycles. The average Bonchev–Trinajstić information content (AvgIpc) is 2.97. The molecule has 3 nitrogen and oxygen atoms in total. The van der Waals surface area contributed by atoms with Crippen LogP contribution in [-0.4, -0.2) is 10.2 Å². The van der Waals surface area contributed by atoms with E-state index in [4.69, 9.17) is 16.0 Å². The quantitative estimate of drug-likeness (QED) is 0.656. The van der Waals surface area contributed by atoms with Gasteiger partial charge in [0.1, 0.15) is 0 Å². The van der Waals surface area contributed by atoms with E-state index in [0.29, 0.717) is 17.5 Å². The monoisotopic (exact) mass is 302 g/mol. The molecule has 0 spiro atoms.